The molecule has 3 nitrogen and oxygen atoms in total. The lowest BCUT2D eigenvalue weighted by atomic mass is 10.1. The maximum Gasteiger partial charge on any atom is 0.159 e. The Labute approximate surface area is 108 Å². The summed E-state index contributed by atoms with van der Waals surface area (Å²) in [6.45, 7) is 6.77. The van der Waals surface area contributed by atoms with Crippen LogP contribution in [0.3, 0.4) is 0 Å². The molecule has 0 aliphatic carbocycles. The van der Waals surface area contributed by atoms with E-state index in [2.05, 4.69) is 29.0 Å². The molecule has 2 rings (SSSR count). The lowest BCUT2D eigenvalue weighted by Crippen LogP contribution is -2.09. The first-order valence-corrected chi connectivity index (χ1v) is 6.23. The van der Waals surface area contributed by atoms with Gasteiger partial charge in [-0.15, -0.1) is 0 Å². The lowest BCUT2D eigenvalue weighted by molar-refractivity contribution is 0.898. The fourth-order valence-electron chi connectivity index (χ4n) is 2.19. The molecule has 0 radical (unpaired) electrons. The lowest BCUT2D eigenvalue weighted by Gasteiger charge is -2.11. The van der Waals surface area contributed by atoms with Crippen LogP contribution >= 0.6 is 0 Å². The Balaban J connectivity index is 2.52. The van der Waals surface area contributed by atoms with Crippen molar-refractivity contribution in [2.75, 3.05) is 6.54 Å². The van der Waals surface area contributed by atoms with Crippen molar-refractivity contribution in [3.05, 3.63) is 46.8 Å². The molecule has 2 aromatic rings. The molecule has 18 heavy (non-hydrogen) atoms. The predicted octanol–water partition coefficient (Wildman–Crippen LogP) is 2.57. The van der Waals surface area contributed by atoms with Gasteiger partial charge in [0.15, 0.2) is 5.82 Å². The third-order valence-electron chi connectivity index (χ3n) is 3.20. The fraction of sp³-hybridized carbons (Fsp3) is 0.333. The Hall–Kier alpha value is -1.74. The van der Waals surface area contributed by atoms with Crippen molar-refractivity contribution in [2.45, 2.75) is 27.2 Å². The highest BCUT2D eigenvalue weighted by Gasteiger charge is 2.10. The van der Waals surface area contributed by atoms with Gasteiger partial charge in [0.1, 0.15) is 0 Å². The van der Waals surface area contributed by atoms with Gasteiger partial charge in [0.05, 0.1) is 0 Å². The molecule has 1 aromatic heterocycles. The first-order valence-electron chi connectivity index (χ1n) is 6.23. The van der Waals surface area contributed by atoms with Gasteiger partial charge < -0.3 is 5.73 Å². The summed E-state index contributed by atoms with van der Waals surface area (Å²) in [5.41, 5.74) is 11.2. The van der Waals surface area contributed by atoms with Crippen molar-refractivity contribution in [2.24, 2.45) is 5.73 Å². The summed E-state index contributed by atoms with van der Waals surface area (Å²) in [7, 11) is 0. The van der Waals surface area contributed by atoms with Crippen LogP contribution in [0.5, 0.6) is 0 Å². The highest BCUT2D eigenvalue weighted by molar-refractivity contribution is 5.60. The van der Waals surface area contributed by atoms with Gasteiger partial charge in [0.25, 0.3) is 0 Å². The van der Waals surface area contributed by atoms with E-state index in [0.29, 0.717) is 6.54 Å². The number of hydrogen-bond acceptors (Lipinski definition) is 3. The van der Waals surface area contributed by atoms with Crippen LogP contribution in [0.25, 0.3) is 11.4 Å². The van der Waals surface area contributed by atoms with Crippen LogP contribution in [0.4, 0.5) is 0 Å². The Morgan fingerprint density at radius 1 is 1.00 bits per heavy atom. The Bertz CT molecular complexity index is 538. The number of benzene rings is 1. The van der Waals surface area contributed by atoms with E-state index in [9.17, 15) is 0 Å². The second-order valence-electron chi connectivity index (χ2n) is 4.55. The average molecular weight is 241 g/mol. The first-order chi connectivity index (χ1) is 8.63. The SMILES string of the molecule is Cc1ccccc1-c1nc(C)c(CCN)c(C)n1. The maximum absolute atomic E-state index is 5.62. The van der Waals surface area contributed by atoms with E-state index < -0.39 is 0 Å². The van der Waals surface area contributed by atoms with Gasteiger partial charge in [-0.2, -0.15) is 0 Å². The molecule has 94 valence electrons. The van der Waals surface area contributed by atoms with Gasteiger partial charge >= 0.3 is 0 Å². The van der Waals surface area contributed by atoms with E-state index in [1.54, 1.807) is 0 Å². The molecule has 0 saturated carbocycles. The van der Waals surface area contributed by atoms with E-state index >= 15 is 0 Å². The van der Waals surface area contributed by atoms with Crippen LogP contribution in [0.2, 0.25) is 0 Å². The maximum atomic E-state index is 5.62. The minimum atomic E-state index is 0.634. The summed E-state index contributed by atoms with van der Waals surface area (Å²) in [6.07, 6.45) is 0.839. The summed E-state index contributed by atoms with van der Waals surface area (Å²) in [5, 5.41) is 0. The molecule has 1 heterocycles. The summed E-state index contributed by atoms with van der Waals surface area (Å²) < 4.78 is 0. The molecule has 0 unspecified atom stereocenters. The second kappa shape index (κ2) is 5.27. The standard InChI is InChI=1S/C15H19N3/c1-10-6-4-5-7-13(10)15-17-11(2)14(8-9-16)12(3)18-15/h4-7H,8-9,16H2,1-3H3. The van der Waals surface area contributed by atoms with Gasteiger partial charge in [-0.05, 0) is 44.9 Å². The third kappa shape index (κ3) is 2.41. The van der Waals surface area contributed by atoms with Crippen LogP contribution in [0.15, 0.2) is 24.3 Å². The van der Waals surface area contributed by atoms with Crippen molar-refractivity contribution in [1.29, 1.82) is 0 Å². The predicted molar refractivity (Wildman–Crippen MR) is 74.4 cm³/mol. The van der Waals surface area contributed by atoms with Crippen LogP contribution in [-0.2, 0) is 6.42 Å². The molecule has 0 atom stereocenters. The van der Waals surface area contributed by atoms with Crippen LogP contribution in [0.1, 0.15) is 22.5 Å². The first kappa shape index (κ1) is 12.7. The van der Waals surface area contributed by atoms with E-state index in [-0.39, 0.29) is 0 Å². The number of nitrogens with zero attached hydrogens (tertiary/aromatic N) is 2. The quantitative estimate of drug-likeness (QED) is 0.898. The number of rotatable bonds is 3. The zero-order valence-corrected chi connectivity index (χ0v) is 11.2. The zero-order chi connectivity index (χ0) is 13.1. The van der Waals surface area contributed by atoms with Crippen molar-refractivity contribution in [3.8, 4) is 11.4 Å². The number of hydrogen-bond donors (Lipinski definition) is 1. The molecule has 3 heteroatoms. The number of nitrogens with two attached hydrogens (primary N) is 1. The van der Waals surface area contributed by atoms with Crippen molar-refractivity contribution >= 4 is 0 Å². The summed E-state index contributed by atoms with van der Waals surface area (Å²) in [4.78, 5) is 9.23. The zero-order valence-electron chi connectivity index (χ0n) is 11.2. The van der Waals surface area contributed by atoms with Gasteiger partial charge in [-0.25, -0.2) is 9.97 Å². The molecule has 0 aliphatic heterocycles. The minimum Gasteiger partial charge on any atom is -0.330 e. The molecule has 0 fully saturated rings. The summed E-state index contributed by atoms with van der Waals surface area (Å²) >= 11 is 0. The van der Waals surface area contributed by atoms with Crippen molar-refractivity contribution in [1.82, 2.24) is 9.97 Å². The number of aryl methyl sites for hydroxylation is 3. The number of aromatic nitrogens is 2. The highest BCUT2D eigenvalue weighted by atomic mass is 14.9. The normalized spacial score (nSPS) is 10.7. The molecule has 0 amide bonds. The van der Waals surface area contributed by atoms with Gasteiger partial charge in [-0.1, -0.05) is 24.3 Å². The largest absolute Gasteiger partial charge is 0.330 e. The molecule has 0 aliphatic rings. The highest BCUT2D eigenvalue weighted by Crippen LogP contribution is 2.21. The van der Waals surface area contributed by atoms with Gasteiger partial charge in [0.2, 0.25) is 0 Å². The van der Waals surface area contributed by atoms with Gasteiger partial charge in [-0.3, -0.25) is 0 Å². The molecule has 0 bridgehead atoms. The minimum absolute atomic E-state index is 0.634. The smallest absolute Gasteiger partial charge is 0.159 e. The monoisotopic (exact) mass is 241 g/mol. The van der Waals surface area contributed by atoms with E-state index in [4.69, 9.17) is 5.73 Å². The Kier molecular flexibility index (Phi) is 3.72. The molecule has 0 spiro atoms. The van der Waals surface area contributed by atoms with E-state index in [0.717, 1.165) is 29.2 Å². The van der Waals surface area contributed by atoms with Gasteiger partial charge in [0, 0.05) is 17.0 Å². The molecular formula is C15H19N3. The average Bonchev–Trinajstić information content (AvgIpc) is 2.34. The van der Waals surface area contributed by atoms with Crippen LogP contribution in [-0.4, -0.2) is 16.5 Å². The fourth-order valence-corrected chi connectivity index (χ4v) is 2.19. The Morgan fingerprint density at radius 2 is 1.61 bits per heavy atom. The van der Waals surface area contributed by atoms with Crippen molar-refractivity contribution in [3.63, 3.8) is 0 Å². The van der Waals surface area contributed by atoms with Crippen molar-refractivity contribution < 1.29 is 0 Å². The summed E-state index contributed by atoms with van der Waals surface area (Å²) in [5.74, 6) is 0.809. The molecule has 1 aromatic carbocycles. The molecule has 2 N–H and O–H groups in total. The molecule has 0 saturated heterocycles. The molecular weight excluding hydrogens is 222 g/mol. The third-order valence-corrected chi connectivity index (χ3v) is 3.20. The van der Waals surface area contributed by atoms with Crippen LogP contribution in [0, 0.1) is 20.8 Å². The second-order valence-corrected chi connectivity index (χ2v) is 4.55. The topological polar surface area (TPSA) is 51.8 Å². The van der Waals surface area contributed by atoms with E-state index in [1.807, 2.05) is 26.0 Å². The van der Waals surface area contributed by atoms with E-state index in [1.165, 1.54) is 11.1 Å². The summed E-state index contributed by atoms with van der Waals surface area (Å²) in [6, 6.07) is 8.19. The van der Waals surface area contributed by atoms with Crippen LogP contribution < -0.4 is 5.73 Å². The Morgan fingerprint density at radius 3 is 2.17 bits per heavy atom.